The molecule has 0 aliphatic rings. The molecule has 2 aromatic rings. The maximum atomic E-state index is 11.8. The lowest BCUT2D eigenvalue weighted by atomic mass is 10.2. The summed E-state index contributed by atoms with van der Waals surface area (Å²) < 4.78 is 5.74. The van der Waals surface area contributed by atoms with Crippen molar-refractivity contribution in [1.82, 2.24) is 16.0 Å². The fourth-order valence-electron chi connectivity index (χ4n) is 2.61. The predicted molar refractivity (Wildman–Crippen MR) is 123 cm³/mol. The zero-order valence-corrected chi connectivity index (χ0v) is 18.3. The van der Waals surface area contributed by atoms with Crippen LogP contribution in [0.4, 0.5) is 10.5 Å². The van der Waals surface area contributed by atoms with Gasteiger partial charge in [0.15, 0.2) is 5.96 Å². The number of nitrogens with one attached hydrogen (secondary N) is 4. The van der Waals surface area contributed by atoms with Gasteiger partial charge in [0.1, 0.15) is 12.4 Å². The first-order valence-electron chi connectivity index (χ1n) is 10.3. The van der Waals surface area contributed by atoms with E-state index in [0.29, 0.717) is 19.7 Å². The molecule has 0 saturated heterocycles. The van der Waals surface area contributed by atoms with Gasteiger partial charge in [-0.25, -0.2) is 9.79 Å². The first kappa shape index (κ1) is 23.1. The van der Waals surface area contributed by atoms with Crippen molar-refractivity contribution in [2.24, 2.45) is 4.99 Å². The van der Waals surface area contributed by atoms with Gasteiger partial charge in [-0.15, -0.1) is 0 Å². The molecule has 0 radical (unpaired) electrons. The molecule has 0 fully saturated rings. The molecule has 0 aromatic heterocycles. The van der Waals surface area contributed by atoms with Gasteiger partial charge in [-0.05, 0) is 57.5 Å². The molecule has 0 aliphatic heterocycles. The number of hydrogen-bond acceptors (Lipinski definition) is 3. The Labute approximate surface area is 179 Å². The van der Waals surface area contributed by atoms with Crippen molar-refractivity contribution in [2.75, 3.05) is 25.0 Å². The molecule has 2 amide bonds. The Morgan fingerprint density at radius 1 is 1.03 bits per heavy atom. The zero-order chi connectivity index (χ0) is 21.8. The first-order valence-corrected chi connectivity index (χ1v) is 10.3. The molecule has 30 heavy (non-hydrogen) atoms. The Hall–Kier alpha value is -3.22. The number of anilines is 1. The van der Waals surface area contributed by atoms with Crippen LogP contribution in [-0.4, -0.2) is 37.7 Å². The van der Waals surface area contributed by atoms with Gasteiger partial charge >= 0.3 is 6.03 Å². The SMILES string of the molecule is CCNC(=NCc1ccc(NC(=O)NC(C)C)cc1)NCCOc1ccc(C)cc1. The molecule has 7 nitrogen and oxygen atoms in total. The summed E-state index contributed by atoms with van der Waals surface area (Å²) in [6, 6.07) is 15.6. The fraction of sp³-hybridized carbons (Fsp3) is 0.391. The number of ether oxygens (including phenoxy) is 1. The number of guanidine groups is 1. The lowest BCUT2D eigenvalue weighted by molar-refractivity contribution is 0.250. The maximum Gasteiger partial charge on any atom is 0.319 e. The van der Waals surface area contributed by atoms with Gasteiger partial charge in [0.05, 0.1) is 13.1 Å². The second-order valence-electron chi connectivity index (χ2n) is 7.23. The quantitative estimate of drug-likeness (QED) is 0.288. The Morgan fingerprint density at radius 2 is 1.73 bits per heavy atom. The van der Waals surface area contributed by atoms with E-state index in [4.69, 9.17) is 4.74 Å². The minimum Gasteiger partial charge on any atom is -0.492 e. The highest BCUT2D eigenvalue weighted by Crippen LogP contribution is 2.11. The van der Waals surface area contributed by atoms with Gasteiger partial charge in [0, 0.05) is 18.3 Å². The summed E-state index contributed by atoms with van der Waals surface area (Å²) in [5.41, 5.74) is 3.02. The van der Waals surface area contributed by atoms with Gasteiger partial charge in [-0.1, -0.05) is 29.8 Å². The molecule has 0 spiro atoms. The average Bonchev–Trinajstić information content (AvgIpc) is 2.71. The summed E-state index contributed by atoms with van der Waals surface area (Å²) in [5.74, 6) is 1.60. The number of hydrogen-bond donors (Lipinski definition) is 4. The number of nitrogens with zero attached hydrogens (tertiary/aromatic N) is 1. The van der Waals surface area contributed by atoms with Crippen LogP contribution in [0.2, 0.25) is 0 Å². The number of aliphatic imine (C=N–C) groups is 1. The third-order valence-electron chi connectivity index (χ3n) is 4.08. The predicted octanol–water partition coefficient (Wildman–Crippen LogP) is 3.66. The van der Waals surface area contributed by atoms with E-state index < -0.39 is 0 Å². The monoisotopic (exact) mass is 411 g/mol. The standard InChI is InChI=1S/C23H33N5O2/c1-5-24-22(25-14-15-30-21-12-6-18(4)7-13-21)26-16-19-8-10-20(11-9-19)28-23(29)27-17(2)3/h6-13,17H,5,14-16H2,1-4H3,(H2,24,25,26)(H2,27,28,29). The highest BCUT2D eigenvalue weighted by molar-refractivity contribution is 5.89. The Bertz CT molecular complexity index is 801. The van der Waals surface area contributed by atoms with Crippen LogP contribution in [0.25, 0.3) is 0 Å². The van der Waals surface area contributed by atoms with E-state index >= 15 is 0 Å². The molecule has 2 rings (SSSR count). The van der Waals surface area contributed by atoms with Crippen molar-refractivity contribution in [3.05, 3.63) is 59.7 Å². The van der Waals surface area contributed by atoms with Crippen LogP contribution >= 0.6 is 0 Å². The number of aryl methyl sites for hydroxylation is 1. The van der Waals surface area contributed by atoms with E-state index in [1.165, 1.54) is 5.56 Å². The number of urea groups is 1. The van der Waals surface area contributed by atoms with E-state index in [2.05, 4.69) is 33.2 Å². The van der Waals surface area contributed by atoms with E-state index in [9.17, 15) is 4.79 Å². The first-order chi connectivity index (χ1) is 14.5. The van der Waals surface area contributed by atoms with Crippen molar-refractivity contribution in [1.29, 1.82) is 0 Å². The van der Waals surface area contributed by atoms with Crippen LogP contribution in [0.5, 0.6) is 5.75 Å². The maximum absolute atomic E-state index is 11.8. The van der Waals surface area contributed by atoms with Gasteiger partial charge in [-0.2, -0.15) is 0 Å². The molecule has 4 N–H and O–H groups in total. The van der Waals surface area contributed by atoms with Crippen molar-refractivity contribution < 1.29 is 9.53 Å². The lowest BCUT2D eigenvalue weighted by Gasteiger charge is -2.12. The van der Waals surface area contributed by atoms with Crippen LogP contribution in [0.1, 0.15) is 31.9 Å². The summed E-state index contributed by atoms with van der Waals surface area (Å²) in [6.45, 7) is 10.4. The average molecular weight is 412 g/mol. The Balaban J connectivity index is 1.80. The largest absolute Gasteiger partial charge is 0.492 e. The topological polar surface area (TPSA) is 86.8 Å². The Kier molecular flexibility index (Phi) is 9.51. The van der Waals surface area contributed by atoms with Gasteiger partial charge in [-0.3, -0.25) is 0 Å². The highest BCUT2D eigenvalue weighted by atomic mass is 16.5. The summed E-state index contributed by atoms with van der Waals surface area (Å²) in [6.07, 6.45) is 0. The van der Waals surface area contributed by atoms with Crippen molar-refractivity contribution in [2.45, 2.75) is 40.3 Å². The number of benzene rings is 2. The molecule has 162 valence electrons. The Morgan fingerprint density at radius 3 is 2.37 bits per heavy atom. The number of amides is 2. The van der Waals surface area contributed by atoms with Crippen molar-refractivity contribution in [3.63, 3.8) is 0 Å². The minimum absolute atomic E-state index is 0.0953. The van der Waals surface area contributed by atoms with Crippen LogP contribution < -0.4 is 26.0 Å². The van der Waals surface area contributed by atoms with Crippen LogP contribution in [0.15, 0.2) is 53.5 Å². The molecular formula is C23H33N5O2. The van der Waals surface area contributed by atoms with Gasteiger partial charge < -0.3 is 26.0 Å². The molecule has 0 aliphatic carbocycles. The fourth-order valence-corrected chi connectivity index (χ4v) is 2.61. The number of carbonyl (C=O) groups is 1. The van der Waals surface area contributed by atoms with Crippen LogP contribution in [-0.2, 0) is 6.54 Å². The molecule has 0 unspecified atom stereocenters. The summed E-state index contributed by atoms with van der Waals surface area (Å²) in [4.78, 5) is 16.4. The molecule has 0 atom stereocenters. The van der Waals surface area contributed by atoms with E-state index in [1.807, 2.05) is 69.3 Å². The van der Waals surface area contributed by atoms with E-state index in [1.54, 1.807) is 0 Å². The van der Waals surface area contributed by atoms with Crippen LogP contribution in [0.3, 0.4) is 0 Å². The van der Waals surface area contributed by atoms with Crippen molar-refractivity contribution >= 4 is 17.7 Å². The normalized spacial score (nSPS) is 11.2. The smallest absolute Gasteiger partial charge is 0.319 e. The number of carbonyl (C=O) groups excluding carboxylic acids is 1. The molecule has 0 bridgehead atoms. The lowest BCUT2D eigenvalue weighted by Crippen LogP contribution is -2.39. The van der Waals surface area contributed by atoms with E-state index in [0.717, 1.165) is 29.5 Å². The molecule has 0 saturated carbocycles. The molecule has 0 heterocycles. The molecule has 2 aromatic carbocycles. The highest BCUT2D eigenvalue weighted by Gasteiger charge is 2.03. The molecular weight excluding hydrogens is 378 g/mol. The van der Waals surface area contributed by atoms with Gasteiger partial charge in [0.25, 0.3) is 0 Å². The number of rotatable bonds is 9. The summed E-state index contributed by atoms with van der Waals surface area (Å²) in [7, 11) is 0. The second kappa shape index (κ2) is 12.4. The zero-order valence-electron chi connectivity index (χ0n) is 18.3. The molecule has 7 heteroatoms. The summed E-state index contributed by atoms with van der Waals surface area (Å²) in [5, 5.41) is 12.1. The second-order valence-corrected chi connectivity index (χ2v) is 7.23. The third kappa shape index (κ3) is 8.86. The minimum atomic E-state index is -0.206. The third-order valence-corrected chi connectivity index (χ3v) is 4.08. The van der Waals surface area contributed by atoms with Gasteiger partial charge in [0.2, 0.25) is 0 Å². The van der Waals surface area contributed by atoms with Crippen molar-refractivity contribution in [3.8, 4) is 5.75 Å². The summed E-state index contributed by atoms with van der Waals surface area (Å²) >= 11 is 0. The van der Waals surface area contributed by atoms with E-state index in [-0.39, 0.29) is 12.1 Å². The van der Waals surface area contributed by atoms with Crippen LogP contribution in [0, 0.1) is 6.92 Å².